The lowest BCUT2D eigenvalue weighted by molar-refractivity contribution is 0.451. The molecule has 12 aromatic carbocycles. The van der Waals surface area contributed by atoms with Crippen LogP contribution in [0.15, 0.2) is 280 Å². The van der Waals surface area contributed by atoms with E-state index in [1.165, 1.54) is 33.4 Å². The number of hydrogen-bond acceptors (Lipinski definition) is 18. The lowest BCUT2D eigenvalue weighted by atomic mass is 9.90. The lowest BCUT2D eigenvalue weighted by Crippen LogP contribution is -2.01. The van der Waals surface area contributed by atoms with E-state index in [4.69, 9.17) is 61.4 Å². The van der Waals surface area contributed by atoms with Gasteiger partial charge in [-0.2, -0.15) is 61.4 Å². The second kappa shape index (κ2) is 41.9. The minimum atomic E-state index is -0.143. The Bertz CT molecular complexity index is 4640. The molecule has 1 aliphatic rings. The van der Waals surface area contributed by atoms with Gasteiger partial charge in [0.2, 0.25) is 0 Å². The number of rotatable bonds is 30. The zero-order chi connectivity index (χ0) is 83.7. The average Bonchev–Trinajstić information content (AvgIpc) is 0.788. The summed E-state index contributed by atoms with van der Waals surface area (Å²) < 4.78 is 0. The maximum atomic E-state index is 13.1. The summed E-state index contributed by atoms with van der Waals surface area (Å²) in [4.78, 5) is 0. The van der Waals surface area contributed by atoms with E-state index in [1.807, 2.05) is 72.8 Å². The molecule has 0 spiro atoms. The summed E-state index contributed by atoms with van der Waals surface area (Å²) in [6.45, 7) is 13.0. The third kappa shape index (κ3) is 23.3. The number of fused-ring (bicyclic) bond motifs is 12. The quantitative estimate of drug-likeness (QED) is 0.0238. The van der Waals surface area contributed by atoms with Gasteiger partial charge < -0.3 is 30.6 Å². The van der Waals surface area contributed by atoms with Crippen molar-refractivity contribution in [2.45, 2.75) is 196 Å². The standard InChI is InChI=1S/C102H108N12O6/c1-7-13-19-67-25-37-85(38-26-67)103-109-91-55-73-49-75-57-92(110-104-86-39-27-68(28-40-86)20-14-8-2)59-77(98(75)116)51-79-61-94(112-106-88-43-31-70(32-44-88)22-16-10-4)63-81(100(79)118)53-83-65-96(114-108-90-47-35-72(36-48-90)24-18-12-6)66-84(102(83)120)54-82-64-95(113-107-89-45-33-71(34-46-89)23-17-11-5)62-80(101(82)119)52-78-60-93(58-76(99(78)117)50-74(56-91)97(73)115)111-105-87-41-29-69(30-42-87)21-15-9-3/h25-48,55-66,115-120H,7-24,49-54H2,1-6H3. The van der Waals surface area contributed by atoms with Gasteiger partial charge in [0.15, 0.2) is 0 Å². The molecule has 0 atom stereocenters. The molecule has 0 fully saturated rings. The van der Waals surface area contributed by atoms with Gasteiger partial charge in [-0.25, -0.2) is 0 Å². The molecule has 0 amide bonds. The van der Waals surface area contributed by atoms with Crippen LogP contribution in [-0.4, -0.2) is 30.6 Å². The predicted octanol–water partition coefficient (Wildman–Crippen LogP) is 30.3. The first-order chi connectivity index (χ1) is 58.6. The smallest absolute Gasteiger partial charge is 0.122 e. The Morgan fingerprint density at radius 3 is 0.383 bits per heavy atom. The molecule has 18 heteroatoms. The molecule has 12 bridgehead atoms. The molecule has 13 rings (SSSR count). The summed E-state index contributed by atoms with van der Waals surface area (Å²) in [6.07, 6.45) is 17.7. The maximum absolute atomic E-state index is 13.1. The van der Waals surface area contributed by atoms with Crippen molar-refractivity contribution in [2.24, 2.45) is 61.4 Å². The van der Waals surface area contributed by atoms with Crippen molar-refractivity contribution in [3.8, 4) is 34.5 Å². The van der Waals surface area contributed by atoms with Gasteiger partial charge in [0.05, 0.1) is 68.2 Å². The van der Waals surface area contributed by atoms with Crippen molar-refractivity contribution in [3.63, 3.8) is 0 Å². The first-order valence-corrected chi connectivity index (χ1v) is 42.7. The van der Waals surface area contributed by atoms with Gasteiger partial charge in [-0.05, 0) is 256 Å². The van der Waals surface area contributed by atoms with Gasteiger partial charge >= 0.3 is 0 Å². The van der Waals surface area contributed by atoms with Crippen LogP contribution < -0.4 is 0 Å². The molecule has 0 saturated carbocycles. The van der Waals surface area contributed by atoms with Crippen LogP contribution in [0.1, 0.15) is 219 Å². The van der Waals surface area contributed by atoms with Gasteiger partial charge in [0.1, 0.15) is 34.5 Å². The Hall–Kier alpha value is -13.0. The molecule has 0 aromatic heterocycles. The van der Waals surface area contributed by atoms with Gasteiger partial charge in [0.25, 0.3) is 0 Å². The summed E-state index contributed by atoms with van der Waals surface area (Å²) in [5.41, 5.74) is 17.2. The van der Waals surface area contributed by atoms with Crippen molar-refractivity contribution < 1.29 is 30.6 Å². The molecule has 6 N–H and O–H groups in total. The number of phenolic OH excluding ortho intramolecular Hbond substituents is 6. The SMILES string of the molecule is CCCCc1ccc(N=Nc2cc3c(O)c(c2)Cc2cc(N=Nc4ccc(CCCC)cc4)cc(c2O)Cc2cc(N=Nc4ccc(CCCC)cc4)cc(c2O)Cc2cc(N=Nc4ccc(CCCC)cc4)cc(c2O)Cc2cc(N=Nc4ccc(CCCC)cc4)cc(c2O)Cc2cc(N=Nc4ccc(CCCC)cc4)cc(c2O)C3)cc1. The van der Waals surface area contributed by atoms with Gasteiger partial charge in [-0.15, -0.1) is 0 Å². The molecule has 18 nitrogen and oxygen atoms in total. The summed E-state index contributed by atoms with van der Waals surface area (Å²) >= 11 is 0. The highest BCUT2D eigenvalue weighted by Crippen LogP contribution is 2.46. The molecule has 120 heavy (non-hydrogen) atoms. The number of phenols is 6. The minimum absolute atomic E-state index is 0.0901. The van der Waals surface area contributed by atoms with E-state index in [0.717, 1.165) is 116 Å². The number of nitrogens with zero attached hydrogens (tertiary/aromatic N) is 12. The third-order valence-corrected chi connectivity index (χ3v) is 22.0. The summed E-state index contributed by atoms with van der Waals surface area (Å²) in [5, 5.41) is 136. The van der Waals surface area contributed by atoms with Crippen LogP contribution in [0.2, 0.25) is 0 Å². The molecular formula is C102H108N12O6. The van der Waals surface area contributed by atoms with E-state index in [0.29, 0.717) is 135 Å². The van der Waals surface area contributed by atoms with Crippen molar-refractivity contribution in [3.05, 3.63) is 319 Å². The van der Waals surface area contributed by atoms with E-state index in [9.17, 15) is 30.6 Å². The number of aromatic hydroxyl groups is 6. The molecule has 0 heterocycles. The van der Waals surface area contributed by atoms with Gasteiger partial charge in [-0.3, -0.25) is 0 Å². The van der Waals surface area contributed by atoms with Crippen LogP contribution in [0.25, 0.3) is 0 Å². The predicted molar refractivity (Wildman–Crippen MR) is 481 cm³/mol. The number of aryl methyl sites for hydroxylation is 6. The van der Waals surface area contributed by atoms with Crippen molar-refractivity contribution in [1.82, 2.24) is 0 Å². The Morgan fingerprint density at radius 1 is 0.167 bits per heavy atom. The fraction of sp³-hybridized carbons (Fsp3) is 0.294. The molecule has 612 valence electrons. The second-order valence-corrected chi connectivity index (χ2v) is 31.6. The van der Waals surface area contributed by atoms with Crippen LogP contribution in [0, 0.1) is 0 Å². The van der Waals surface area contributed by atoms with Crippen LogP contribution in [0.4, 0.5) is 68.2 Å². The molecule has 1 aliphatic carbocycles. The molecule has 0 unspecified atom stereocenters. The van der Waals surface area contributed by atoms with Crippen molar-refractivity contribution in [1.29, 1.82) is 0 Å². The zero-order valence-corrected chi connectivity index (χ0v) is 69.8. The van der Waals surface area contributed by atoms with E-state index in [1.54, 1.807) is 72.8 Å². The monoisotopic (exact) mass is 1600 g/mol. The molecule has 12 aromatic rings. The Balaban J connectivity index is 1.03. The van der Waals surface area contributed by atoms with E-state index in [2.05, 4.69) is 114 Å². The second-order valence-electron chi connectivity index (χ2n) is 31.6. The normalized spacial score (nSPS) is 12.7. The van der Waals surface area contributed by atoms with Crippen molar-refractivity contribution in [2.75, 3.05) is 0 Å². The molecule has 0 saturated heterocycles. The van der Waals surface area contributed by atoms with Crippen molar-refractivity contribution >= 4 is 68.2 Å². The summed E-state index contributed by atoms with van der Waals surface area (Å²) in [5.74, 6) is -0.859. The number of unbranched alkanes of at least 4 members (excludes halogenated alkanes) is 6. The largest absolute Gasteiger partial charge is 0.507 e. The third-order valence-electron chi connectivity index (χ3n) is 22.0. The van der Waals surface area contributed by atoms with Crippen LogP contribution in [-0.2, 0) is 77.0 Å². The van der Waals surface area contributed by atoms with E-state index >= 15 is 0 Å². The molecule has 0 aliphatic heterocycles. The van der Waals surface area contributed by atoms with Gasteiger partial charge in [0, 0.05) is 105 Å². The number of benzene rings is 12. The highest BCUT2D eigenvalue weighted by atomic mass is 16.3. The first kappa shape index (κ1) is 84.9. The fourth-order valence-electron chi connectivity index (χ4n) is 15.0. The molecular weight excluding hydrogens is 1490 g/mol. The average molecular weight is 1600 g/mol. The Morgan fingerprint density at radius 2 is 0.275 bits per heavy atom. The number of azo groups is 6. The topological polar surface area (TPSA) is 270 Å². The van der Waals surface area contributed by atoms with E-state index in [-0.39, 0.29) is 73.0 Å². The Kier molecular flexibility index (Phi) is 29.7. The number of hydrogen-bond donors (Lipinski definition) is 6. The van der Waals surface area contributed by atoms with Crippen LogP contribution >= 0.6 is 0 Å². The highest BCUT2D eigenvalue weighted by Gasteiger charge is 2.25. The lowest BCUT2D eigenvalue weighted by Gasteiger charge is -2.18. The van der Waals surface area contributed by atoms with E-state index < -0.39 is 0 Å². The summed E-state index contributed by atoms with van der Waals surface area (Å²) in [7, 11) is 0. The highest BCUT2D eigenvalue weighted by molar-refractivity contribution is 5.66. The van der Waals surface area contributed by atoms with Gasteiger partial charge in [-0.1, -0.05) is 153 Å². The minimum Gasteiger partial charge on any atom is -0.507 e. The maximum Gasteiger partial charge on any atom is 0.122 e. The summed E-state index contributed by atoms with van der Waals surface area (Å²) in [6, 6.07) is 68.7. The van der Waals surface area contributed by atoms with Crippen LogP contribution in [0.3, 0.4) is 0 Å². The first-order valence-electron chi connectivity index (χ1n) is 42.7. The van der Waals surface area contributed by atoms with Crippen LogP contribution in [0.5, 0.6) is 34.5 Å². The Labute approximate surface area is 704 Å². The zero-order valence-electron chi connectivity index (χ0n) is 69.8. The molecule has 0 radical (unpaired) electrons. The fourth-order valence-corrected chi connectivity index (χ4v) is 15.0.